The van der Waals surface area contributed by atoms with Gasteiger partial charge in [-0.3, -0.25) is 4.79 Å². The molecule has 0 bridgehead atoms. The number of aromatic nitrogens is 1. The number of allylic oxidation sites excluding steroid dienone is 1. The zero-order valence-electron chi connectivity index (χ0n) is 16.6. The van der Waals surface area contributed by atoms with Crippen molar-refractivity contribution in [2.75, 3.05) is 21.3 Å². The van der Waals surface area contributed by atoms with Gasteiger partial charge in [-0.1, -0.05) is 12.1 Å². The number of ether oxygens (including phenoxy) is 4. The Labute approximate surface area is 172 Å². The molecule has 3 aromatic rings. The van der Waals surface area contributed by atoms with Crippen LogP contribution in [0.15, 0.2) is 52.6 Å². The lowest BCUT2D eigenvalue weighted by atomic mass is 9.83. The molecule has 4 rings (SSSR count). The summed E-state index contributed by atoms with van der Waals surface area (Å²) < 4.78 is 22.1. The average Bonchev–Trinajstić information content (AvgIpc) is 2.77. The maximum Gasteiger partial charge on any atom is 0.256 e. The molecule has 0 fully saturated rings. The second kappa shape index (κ2) is 7.37. The van der Waals surface area contributed by atoms with Gasteiger partial charge in [-0.15, -0.1) is 0 Å². The molecule has 0 spiro atoms. The van der Waals surface area contributed by atoms with Crippen molar-refractivity contribution in [1.82, 2.24) is 4.98 Å². The molecule has 30 heavy (non-hydrogen) atoms. The van der Waals surface area contributed by atoms with E-state index in [9.17, 15) is 10.1 Å². The Morgan fingerprint density at radius 2 is 1.73 bits per heavy atom. The highest BCUT2D eigenvalue weighted by molar-refractivity contribution is 5.87. The number of methoxy groups -OCH3 is 3. The Kier molecular flexibility index (Phi) is 4.72. The molecule has 0 aliphatic carbocycles. The lowest BCUT2D eigenvalue weighted by Crippen LogP contribution is -2.28. The third kappa shape index (κ3) is 2.79. The zero-order chi connectivity index (χ0) is 21.4. The SMILES string of the molecule is COc1cc(OC)c(C2C(C#N)=C(N)Oc3c2c(=O)[nH]c2ccccc32)cc1OC. The number of fused-ring (bicyclic) bond motifs is 3. The minimum absolute atomic E-state index is 0.0670. The fourth-order valence-corrected chi connectivity index (χ4v) is 3.76. The number of benzene rings is 2. The van der Waals surface area contributed by atoms with Crippen LogP contribution in [0.5, 0.6) is 23.0 Å². The molecule has 0 radical (unpaired) electrons. The second-order valence-corrected chi connectivity index (χ2v) is 6.62. The van der Waals surface area contributed by atoms with E-state index in [-0.39, 0.29) is 22.6 Å². The number of para-hydroxylation sites is 1. The normalized spacial score (nSPS) is 15.2. The van der Waals surface area contributed by atoms with E-state index in [0.717, 1.165) is 0 Å². The number of H-pyrrole nitrogens is 1. The van der Waals surface area contributed by atoms with E-state index < -0.39 is 5.92 Å². The summed E-state index contributed by atoms with van der Waals surface area (Å²) in [6, 6.07) is 12.6. The lowest BCUT2D eigenvalue weighted by Gasteiger charge is -2.28. The molecule has 0 saturated heterocycles. The summed E-state index contributed by atoms with van der Waals surface area (Å²) in [6.07, 6.45) is 0. The molecule has 2 aromatic carbocycles. The van der Waals surface area contributed by atoms with E-state index in [2.05, 4.69) is 11.1 Å². The molecule has 8 nitrogen and oxygen atoms in total. The number of nitrogens with zero attached hydrogens (tertiary/aromatic N) is 1. The maximum absolute atomic E-state index is 13.1. The number of nitriles is 1. The van der Waals surface area contributed by atoms with Crippen LogP contribution in [0.25, 0.3) is 10.9 Å². The zero-order valence-corrected chi connectivity index (χ0v) is 16.6. The number of hydrogen-bond acceptors (Lipinski definition) is 7. The van der Waals surface area contributed by atoms with E-state index >= 15 is 0 Å². The first-order valence-corrected chi connectivity index (χ1v) is 9.06. The van der Waals surface area contributed by atoms with E-state index in [1.807, 2.05) is 18.2 Å². The first-order chi connectivity index (χ1) is 14.5. The van der Waals surface area contributed by atoms with Gasteiger partial charge in [0, 0.05) is 17.0 Å². The summed E-state index contributed by atoms with van der Waals surface area (Å²) in [4.78, 5) is 16.0. The maximum atomic E-state index is 13.1. The topological polar surface area (TPSA) is 120 Å². The predicted molar refractivity (Wildman–Crippen MR) is 110 cm³/mol. The second-order valence-electron chi connectivity index (χ2n) is 6.62. The Hall–Kier alpha value is -4.12. The van der Waals surface area contributed by atoms with Gasteiger partial charge in [-0.2, -0.15) is 5.26 Å². The number of pyridine rings is 1. The number of aromatic amines is 1. The van der Waals surface area contributed by atoms with Crippen molar-refractivity contribution in [3.63, 3.8) is 0 Å². The third-order valence-electron chi connectivity index (χ3n) is 5.13. The summed E-state index contributed by atoms with van der Waals surface area (Å²) in [5.41, 5.74) is 7.24. The average molecular weight is 405 g/mol. The summed E-state index contributed by atoms with van der Waals surface area (Å²) >= 11 is 0. The lowest BCUT2D eigenvalue weighted by molar-refractivity contribution is 0.346. The van der Waals surface area contributed by atoms with Crippen molar-refractivity contribution >= 4 is 10.9 Å². The Morgan fingerprint density at radius 3 is 2.40 bits per heavy atom. The van der Waals surface area contributed by atoms with Gasteiger partial charge in [0.2, 0.25) is 5.88 Å². The van der Waals surface area contributed by atoms with Crippen LogP contribution in [0, 0.1) is 11.3 Å². The standard InChI is InChI=1S/C22H19N3O5/c1-27-15-9-17(29-3)16(28-2)8-12(15)18-13(10-23)21(24)30-20-11-6-4-5-7-14(11)25-22(26)19(18)20/h4-9,18H,24H2,1-3H3,(H,25,26). The van der Waals surface area contributed by atoms with Crippen LogP contribution in [0.3, 0.4) is 0 Å². The van der Waals surface area contributed by atoms with Crippen molar-refractivity contribution < 1.29 is 18.9 Å². The molecular weight excluding hydrogens is 386 g/mol. The molecule has 8 heteroatoms. The van der Waals surface area contributed by atoms with Crippen LogP contribution in [0.4, 0.5) is 0 Å². The quantitative estimate of drug-likeness (QED) is 0.685. The Morgan fingerprint density at radius 1 is 1.07 bits per heavy atom. The van der Waals surface area contributed by atoms with Crippen LogP contribution in [-0.4, -0.2) is 26.3 Å². The summed E-state index contributed by atoms with van der Waals surface area (Å²) in [5, 5.41) is 10.5. The van der Waals surface area contributed by atoms with Crippen LogP contribution in [0.2, 0.25) is 0 Å². The van der Waals surface area contributed by atoms with Crippen LogP contribution < -0.4 is 30.2 Å². The van der Waals surface area contributed by atoms with Gasteiger partial charge in [0.05, 0.1) is 38.3 Å². The molecular formula is C22H19N3O5. The highest BCUT2D eigenvalue weighted by atomic mass is 16.5. The van der Waals surface area contributed by atoms with Gasteiger partial charge >= 0.3 is 0 Å². The van der Waals surface area contributed by atoms with E-state index in [1.165, 1.54) is 21.3 Å². The molecule has 0 saturated carbocycles. The molecule has 1 aliphatic heterocycles. The first kappa shape index (κ1) is 19.2. The van der Waals surface area contributed by atoms with Gasteiger partial charge in [-0.05, 0) is 18.2 Å². The first-order valence-electron chi connectivity index (χ1n) is 9.06. The third-order valence-corrected chi connectivity index (χ3v) is 5.13. The fraction of sp³-hybridized carbons (Fsp3) is 0.182. The number of nitrogens with one attached hydrogen (secondary N) is 1. The van der Waals surface area contributed by atoms with Crippen LogP contribution >= 0.6 is 0 Å². The smallest absolute Gasteiger partial charge is 0.256 e. The van der Waals surface area contributed by atoms with Crippen molar-refractivity contribution in [2.45, 2.75) is 5.92 Å². The number of rotatable bonds is 4. The number of hydrogen-bond donors (Lipinski definition) is 2. The molecule has 2 heterocycles. The van der Waals surface area contributed by atoms with Crippen LogP contribution in [0.1, 0.15) is 17.0 Å². The highest BCUT2D eigenvalue weighted by Gasteiger charge is 2.36. The van der Waals surface area contributed by atoms with E-state index in [1.54, 1.807) is 18.2 Å². The summed E-state index contributed by atoms with van der Waals surface area (Å²) in [7, 11) is 4.51. The summed E-state index contributed by atoms with van der Waals surface area (Å²) in [5.74, 6) is 0.721. The minimum atomic E-state index is -0.818. The van der Waals surface area contributed by atoms with Gasteiger partial charge < -0.3 is 29.7 Å². The predicted octanol–water partition coefficient (Wildman–Crippen LogP) is 2.77. The minimum Gasteiger partial charge on any atom is -0.496 e. The number of nitrogens with two attached hydrogens (primary N) is 1. The molecule has 1 aromatic heterocycles. The molecule has 152 valence electrons. The van der Waals surface area contributed by atoms with Crippen molar-refractivity contribution in [2.24, 2.45) is 5.73 Å². The van der Waals surface area contributed by atoms with Gasteiger partial charge in [0.1, 0.15) is 23.1 Å². The highest BCUT2D eigenvalue weighted by Crippen LogP contribution is 2.47. The van der Waals surface area contributed by atoms with Gasteiger partial charge in [0.25, 0.3) is 5.56 Å². The van der Waals surface area contributed by atoms with Crippen molar-refractivity contribution in [3.8, 4) is 29.1 Å². The van der Waals surface area contributed by atoms with Crippen molar-refractivity contribution in [3.05, 3.63) is 69.3 Å². The van der Waals surface area contributed by atoms with Gasteiger partial charge in [0.15, 0.2) is 11.5 Å². The largest absolute Gasteiger partial charge is 0.496 e. The Balaban J connectivity index is 2.10. The Bertz CT molecular complexity index is 1290. The van der Waals surface area contributed by atoms with E-state index in [0.29, 0.717) is 39.5 Å². The monoisotopic (exact) mass is 405 g/mol. The molecule has 3 N–H and O–H groups in total. The van der Waals surface area contributed by atoms with Gasteiger partial charge in [-0.25, -0.2) is 0 Å². The molecule has 1 unspecified atom stereocenters. The van der Waals surface area contributed by atoms with Crippen LogP contribution in [-0.2, 0) is 0 Å². The van der Waals surface area contributed by atoms with Crippen molar-refractivity contribution in [1.29, 1.82) is 5.26 Å². The molecule has 1 aliphatic rings. The molecule has 0 amide bonds. The molecule has 1 atom stereocenters. The summed E-state index contributed by atoms with van der Waals surface area (Å²) in [6.45, 7) is 0. The fourth-order valence-electron chi connectivity index (χ4n) is 3.76. The van der Waals surface area contributed by atoms with E-state index in [4.69, 9.17) is 24.7 Å².